The van der Waals surface area contributed by atoms with E-state index in [2.05, 4.69) is 53.4 Å². The first-order valence-corrected chi connectivity index (χ1v) is 7.83. The third-order valence-corrected chi connectivity index (χ3v) is 4.31. The molecule has 3 nitrogen and oxygen atoms in total. The van der Waals surface area contributed by atoms with Crippen molar-refractivity contribution in [1.29, 1.82) is 0 Å². The molecule has 1 heterocycles. The van der Waals surface area contributed by atoms with Gasteiger partial charge in [-0.3, -0.25) is 4.79 Å². The van der Waals surface area contributed by atoms with Crippen LogP contribution in [0.1, 0.15) is 30.4 Å². The standard InChI is InChI=1S/C19H21NO2/c21-19(22)14-18-7-4-12-20(18)17-10-8-16(9-11-17)13-15-5-2-1-3-6-15/h1-3,5-6,8-11,18H,4,7,12-14H2,(H,21,22). The first-order valence-electron chi connectivity index (χ1n) is 7.83. The van der Waals surface area contributed by atoms with E-state index in [1.165, 1.54) is 11.1 Å². The van der Waals surface area contributed by atoms with Gasteiger partial charge in [0.1, 0.15) is 0 Å². The summed E-state index contributed by atoms with van der Waals surface area (Å²) in [5.74, 6) is -0.711. The maximum atomic E-state index is 11.0. The molecular weight excluding hydrogens is 274 g/mol. The number of aliphatic carboxylic acids is 1. The topological polar surface area (TPSA) is 40.5 Å². The van der Waals surface area contributed by atoms with Gasteiger partial charge < -0.3 is 10.0 Å². The van der Waals surface area contributed by atoms with Crippen LogP contribution in [0, 0.1) is 0 Å². The molecule has 0 saturated carbocycles. The average Bonchev–Trinajstić information content (AvgIpc) is 2.96. The van der Waals surface area contributed by atoms with Gasteiger partial charge in [0, 0.05) is 18.3 Å². The molecule has 3 rings (SSSR count). The number of hydrogen-bond acceptors (Lipinski definition) is 2. The molecule has 1 aliphatic heterocycles. The molecule has 0 amide bonds. The van der Waals surface area contributed by atoms with Crippen molar-refractivity contribution in [1.82, 2.24) is 0 Å². The second kappa shape index (κ2) is 6.65. The van der Waals surface area contributed by atoms with Crippen LogP contribution in [0.2, 0.25) is 0 Å². The zero-order valence-corrected chi connectivity index (χ0v) is 12.6. The highest BCUT2D eigenvalue weighted by atomic mass is 16.4. The normalized spacial score (nSPS) is 17.6. The van der Waals surface area contributed by atoms with Gasteiger partial charge in [0.2, 0.25) is 0 Å². The molecule has 1 unspecified atom stereocenters. The minimum atomic E-state index is -0.711. The number of rotatable bonds is 5. The molecule has 0 spiro atoms. The first kappa shape index (κ1) is 14.6. The Morgan fingerprint density at radius 3 is 2.41 bits per heavy atom. The fourth-order valence-electron chi connectivity index (χ4n) is 3.23. The number of carbonyl (C=O) groups is 1. The summed E-state index contributed by atoms with van der Waals surface area (Å²) in [5, 5.41) is 9.02. The first-order chi connectivity index (χ1) is 10.7. The third kappa shape index (κ3) is 3.48. The lowest BCUT2D eigenvalue weighted by Crippen LogP contribution is -2.31. The second-order valence-electron chi connectivity index (χ2n) is 5.92. The molecule has 0 bridgehead atoms. The Bertz CT molecular complexity index is 622. The summed E-state index contributed by atoms with van der Waals surface area (Å²) in [7, 11) is 0. The van der Waals surface area contributed by atoms with Crippen LogP contribution in [0.4, 0.5) is 5.69 Å². The summed E-state index contributed by atoms with van der Waals surface area (Å²) in [5.41, 5.74) is 3.73. The maximum Gasteiger partial charge on any atom is 0.305 e. The van der Waals surface area contributed by atoms with Gasteiger partial charge in [0.15, 0.2) is 0 Å². The van der Waals surface area contributed by atoms with E-state index in [1.807, 2.05) is 6.07 Å². The van der Waals surface area contributed by atoms with Gasteiger partial charge in [0.05, 0.1) is 6.42 Å². The number of benzene rings is 2. The average molecular weight is 295 g/mol. The number of carboxylic acids is 1. The van der Waals surface area contributed by atoms with E-state index in [0.717, 1.165) is 31.5 Å². The Kier molecular flexibility index (Phi) is 4.42. The zero-order chi connectivity index (χ0) is 15.4. The number of nitrogens with zero attached hydrogens (tertiary/aromatic N) is 1. The molecule has 1 atom stereocenters. The fraction of sp³-hybridized carbons (Fsp3) is 0.316. The molecule has 114 valence electrons. The monoisotopic (exact) mass is 295 g/mol. The lowest BCUT2D eigenvalue weighted by Gasteiger charge is -2.25. The molecule has 1 N–H and O–H groups in total. The number of anilines is 1. The highest BCUT2D eigenvalue weighted by Crippen LogP contribution is 2.27. The quantitative estimate of drug-likeness (QED) is 0.914. The van der Waals surface area contributed by atoms with Crippen LogP contribution in [-0.4, -0.2) is 23.7 Å². The molecule has 2 aromatic rings. The minimum Gasteiger partial charge on any atom is -0.481 e. The predicted octanol–water partition coefficient (Wildman–Crippen LogP) is 3.72. The van der Waals surface area contributed by atoms with E-state index >= 15 is 0 Å². The van der Waals surface area contributed by atoms with Gasteiger partial charge in [-0.05, 0) is 42.5 Å². The molecule has 1 fully saturated rings. The Balaban J connectivity index is 1.70. The van der Waals surface area contributed by atoms with Gasteiger partial charge >= 0.3 is 5.97 Å². The molecule has 22 heavy (non-hydrogen) atoms. The molecular formula is C19H21NO2. The van der Waals surface area contributed by atoms with Crippen LogP contribution in [0.25, 0.3) is 0 Å². The van der Waals surface area contributed by atoms with E-state index in [0.29, 0.717) is 0 Å². The Labute approximate surface area is 131 Å². The molecule has 0 aliphatic carbocycles. The molecule has 3 heteroatoms. The van der Waals surface area contributed by atoms with E-state index in [9.17, 15) is 4.79 Å². The van der Waals surface area contributed by atoms with E-state index in [-0.39, 0.29) is 12.5 Å². The van der Waals surface area contributed by atoms with Crippen LogP contribution < -0.4 is 4.90 Å². The summed E-state index contributed by atoms with van der Waals surface area (Å²) in [6.07, 6.45) is 3.20. The largest absolute Gasteiger partial charge is 0.481 e. The summed E-state index contributed by atoms with van der Waals surface area (Å²) in [4.78, 5) is 13.2. The molecule has 1 saturated heterocycles. The minimum absolute atomic E-state index is 0.137. The molecule has 2 aromatic carbocycles. The van der Waals surface area contributed by atoms with Gasteiger partial charge in [0.25, 0.3) is 0 Å². The lowest BCUT2D eigenvalue weighted by molar-refractivity contribution is -0.137. The maximum absolute atomic E-state index is 11.0. The highest BCUT2D eigenvalue weighted by Gasteiger charge is 2.26. The smallest absolute Gasteiger partial charge is 0.305 e. The van der Waals surface area contributed by atoms with Crippen LogP contribution in [0.3, 0.4) is 0 Å². The number of hydrogen-bond donors (Lipinski definition) is 1. The van der Waals surface area contributed by atoms with Gasteiger partial charge in [-0.25, -0.2) is 0 Å². The van der Waals surface area contributed by atoms with Gasteiger partial charge in [-0.2, -0.15) is 0 Å². The van der Waals surface area contributed by atoms with Crippen molar-refractivity contribution in [2.75, 3.05) is 11.4 Å². The van der Waals surface area contributed by atoms with Gasteiger partial charge in [-0.1, -0.05) is 42.5 Å². The fourth-order valence-corrected chi connectivity index (χ4v) is 3.23. The van der Waals surface area contributed by atoms with E-state index in [1.54, 1.807) is 0 Å². The second-order valence-corrected chi connectivity index (χ2v) is 5.92. The van der Waals surface area contributed by atoms with Crippen LogP contribution >= 0.6 is 0 Å². The van der Waals surface area contributed by atoms with E-state index in [4.69, 9.17) is 5.11 Å². The predicted molar refractivity (Wildman–Crippen MR) is 88.3 cm³/mol. The zero-order valence-electron chi connectivity index (χ0n) is 12.6. The lowest BCUT2D eigenvalue weighted by atomic mass is 10.0. The van der Waals surface area contributed by atoms with Crippen LogP contribution in [0.5, 0.6) is 0 Å². The van der Waals surface area contributed by atoms with Crippen molar-refractivity contribution in [3.05, 3.63) is 65.7 Å². The van der Waals surface area contributed by atoms with Gasteiger partial charge in [-0.15, -0.1) is 0 Å². The summed E-state index contributed by atoms with van der Waals surface area (Å²) >= 11 is 0. The summed E-state index contributed by atoms with van der Waals surface area (Å²) in [6, 6.07) is 19.1. The molecule has 0 aromatic heterocycles. The highest BCUT2D eigenvalue weighted by molar-refractivity contribution is 5.69. The third-order valence-electron chi connectivity index (χ3n) is 4.31. The Morgan fingerprint density at radius 1 is 1.05 bits per heavy atom. The SMILES string of the molecule is O=C(O)CC1CCCN1c1ccc(Cc2ccccc2)cc1. The Morgan fingerprint density at radius 2 is 1.73 bits per heavy atom. The molecule has 1 aliphatic rings. The summed E-state index contributed by atoms with van der Waals surface area (Å²) in [6.45, 7) is 0.954. The Hall–Kier alpha value is -2.29. The van der Waals surface area contributed by atoms with Crippen molar-refractivity contribution in [2.24, 2.45) is 0 Å². The van der Waals surface area contributed by atoms with Crippen molar-refractivity contribution in [3.63, 3.8) is 0 Å². The van der Waals surface area contributed by atoms with Crippen molar-refractivity contribution >= 4 is 11.7 Å². The van der Waals surface area contributed by atoms with Crippen molar-refractivity contribution < 1.29 is 9.90 Å². The molecule has 0 radical (unpaired) electrons. The number of carboxylic acid groups (broad SMARTS) is 1. The van der Waals surface area contributed by atoms with Crippen molar-refractivity contribution in [3.8, 4) is 0 Å². The van der Waals surface area contributed by atoms with Crippen LogP contribution in [0.15, 0.2) is 54.6 Å². The van der Waals surface area contributed by atoms with E-state index < -0.39 is 5.97 Å². The summed E-state index contributed by atoms with van der Waals surface area (Å²) < 4.78 is 0. The van der Waals surface area contributed by atoms with Crippen molar-refractivity contribution in [2.45, 2.75) is 31.7 Å². The van der Waals surface area contributed by atoms with Crippen LogP contribution in [-0.2, 0) is 11.2 Å².